The summed E-state index contributed by atoms with van der Waals surface area (Å²) in [5.74, 6) is 0. The quantitative estimate of drug-likeness (QED) is 0.704. The molecule has 0 fully saturated rings. The number of fused-ring (bicyclic) bond motifs is 1. The summed E-state index contributed by atoms with van der Waals surface area (Å²) in [6, 6.07) is 10.0. The van der Waals surface area contributed by atoms with Gasteiger partial charge in [-0.25, -0.2) is 4.98 Å². The van der Waals surface area contributed by atoms with E-state index in [1.165, 1.54) is 0 Å². The van der Waals surface area contributed by atoms with Crippen LogP contribution in [-0.4, -0.2) is 19.7 Å². The molecule has 1 N–H and O–H groups in total. The first kappa shape index (κ1) is 16.4. The average molecular weight is 324 g/mol. The molecule has 1 aromatic carbocycles. The largest absolute Gasteiger partial charge is 0.294 e. The van der Waals surface area contributed by atoms with E-state index in [-0.39, 0.29) is 11.6 Å². The van der Waals surface area contributed by atoms with E-state index in [9.17, 15) is 4.79 Å². The van der Waals surface area contributed by atoms with Crippen molar-refractivity contribution in [3.63, 3.8) is 0 Å². The van der Waals surface area contributed by atoms with Crippen LogP contribution in [0.15, 0.2) is 41.5 Å². The predicted molar refractivity (Wildman–Crippen MR) is 97.1 cm³/mol. The van der Waals surface area contributed by atoms with Crippen LogP contribution in [0.4, 0.5) is 0 Å². The van der Waals surface area contributed by atoms with Gasteiger partial charge in [0.15, 0.2) is 0 Å². The van der Waals surface area contributed by atoms with Crippen molar-refractivity contribution in [1.82, 2.24) is 19.7 Å². The number of nitrogens with one attached hydrogen (secondary N) is 1. The van der Waals surface area contributed by atoms with Crippen LogP contribution in [0.25, 0.3) is 22.3 Å². The molecule has 2 heterocycles. The van der Waals surface area contributed by atoms with E-state index in [1.54, 1.807) is 10.9 Å². The van der Waals surface area contributed by atoms with Crippen molar-refractivity contribution >= 4 is 11.0 Å². The molecule has 1 atom stereocenters. The number of unbranched alkanes of at least 4 members (excludes halogenated alkanes) is 1. The third-order valence-corrected chi connectivity index (χ3v) is 4.45. The first-order valence-electron chi connectivity index (χ1n) is 8.76. The SMILES string of the molecule is CCCCC(CCC)n1cnc2c(-c3ccccc3)n[nH]c2c1=O. The number of rotatable bonds is 7. The minimum Gasteiger partial charge on any atom is -0.294 e. The summed E-state index contributed by atoms with van der Waals surface area (Å²) < 4.78 is 1.79. The molecule has 0 radical (unpaired) electrons. The molecule has 5 heteroatoms. The van der Waals surface area contributed by atoms with E-state index >= 15 is 0 Å². The zero-order chi connectivity index (χ0) is 16.9. The third-order valence-electron chi connectivity index (χ3n) is 4.45. The van der Waals surface area contributed by atoms with Crippen LogP contribution in [0.1, 0.15) is 52.0 Å². The van der Waals surface area contributed by atoms with Gasteiger partial charge >= 0.3 is 0 Å². The minimum absolute atomic E-state index is 0.0239. The second-order valence-corrected chi connectivity index (χ2v) is 6.20. The Balaban J connectivity index is 2.04. The van der Waals surface area contributed by atoms with E-state index in [0.29, 0.717) is 11.0 Å². The molecule has 5 nitrogen and oxygen atoms in total. The summed E-state index contributed by atoms with van der Waals surface area (Å²) in [5.41, 5.74) is 2.81. The molecule has 1 unspecified atom stereocenters. The standard InChI is InChI=1S/C19H24N4O/c1-3-5-12-15(9-4-2)23-13-20-17-16(14-10-7-6-8-11-14)21-22-18(17)19(23)24/h6-8,10-11,13,15H,3-5,9,12H2,1-2H3,(H,21,22). The normalized spacial score (nSPS) is 12.6. The fourth-order valence-corrected chi connectivity index (χ4v) is 3.17. The van der Waals surface area contributed by atoms with Gasteiger partial charge in [0.2, 0.25) is 0 Å². The van der Waals surface area contributed by atoms with Crippen molar-refractivity contribution in [1.29, 1.82) is 0 Å². The molecule has 0 bridgehead atoms. The van der Waals surface area contributed by atoms with Crippen LogP contribution < -0.4 is 5.56 Å². The van der Waals surface area contributed by atoms with Gasteiger partial charge in [-0.1, -0.05) is 63.4 Å². The van der Waals surface area contributed by atoms with Crippen LogP contribution >= 0.6 is 0 Å². The maximum absolute atomic E-state index is 12.9. The van der Waals surface area contributed by atoms with Gasteiger partial charge in [-0.15, -0.1) is 0 Å². The van der Waals surface area contributed by atoms with E-state index in [1.807, 2.05) is 30.3 Å². The van der Waals surface area contributed by atoms with Crippen LogP contribution in [0.3, 0.4) is 0 Å². The van der Waals surface area contributed by atoms with Gasteiger partial charge in [0, 0.05) is 11.6 Å². The Kier molecular flexibility index (Phi) is 5.08. The summed E-state index contributed by atoms with van der Waals surface area (Å²) in [5, 5.41) is 7.24. The van der Waals surface area contributed by atoms with E-state index < -0.39 is 0 Å². The Hall–Kier alpha value is -2.43. The Labute approximate surface area is 141 Å². The zero-order valence-electron chi connectivity index (χ0n) is 14.3. The predicted octanol–water partition coefficient (Wildman–Crippen LogP) is 4.32. The first-order valence-corrected chi connectivity index (χ1v) is 8.76. The highest BCUT2D eigenvalue weighted by atomic mass is 16.1. The van der Waals surface area contributed by atoms with Gasteiger partial charge in [0.05, 0.1) is 6.33 Å². The monoisotopic (exact) mass is 324 g/mol. The zero-order valence-corrected chi connectivity index (χ0v) is 14.3. The Bertz CT molecular complexity index is 851. The minimum atomic E-state index is -0.0239. The maximum Gasteiger partial charge on any atom is 0.279 e. The lowest BCUT2D eigenvalue weighted by Crippen LogP contribution is -2.25. The molecular weight excluding hydrogens is 300 g/mol. The van der Waals surface area contributed by atoms with E-state index in [4.69, 9.17) is 0 Å². The number of nitrogens with zero attached hydrogens (tertiary/aromatic N) is 3. The average Bonchev–Trinajstić information content (AvgIpc) is 3.05. The van der Waals surface area contributed by atoms with Gasteiger partial charge < -0.3 is 0 Å². The molecule has 2 aromatic heterocycles. The van der Waals surface area contributed by atoms with Gasteiger partial charge in [0.1, 0.15) is 16.7 Å². The smallest absolute Gasteiger partial charge is 0.279 e. The number of aromatic amines is 1. The first-order chi connectivity index (χ1) is 11.8. The number of benzene rings is 1. The van der Waals surface area contributed by atoms with Crippen LogP contribution in [0, 0.1) is 0 Å². The van der Waals surface area contributed by atoms with Crippen molar-refractivity contribution in [3.8, 4) is 11.3 Å². The van der Waals surface area contributed by atoms with Crippen molar-refractivity contribution in [2.75, 3.05) is 0 Å². The number of hydrogen-bond acceptors (Lipinski definition) is 3. The summed E-state index contributed by atoms with van der Waals surface area (Å²) in [7, 11) is 0. The summed E-state index contributed by atoms with van der Waals surface area (Å²) in [6.07, 6.45) is 7.00. The molecule has 0 aliphatic carbocycles. The second-order valence-electron chi connectivity index (χ2n) is 6.20. The topological polar surface area (TPSA) is 63.6 Å². The fraction of sp³-hybridized carbons (Fsp3) is 0.421. The molecule has 0 aliphatic heterocycles. The Morgan fingerprint density at radius 3 is 2.62 bits per heavy atom. The van der Waals surface area contributed by atoms with Crippen LogP contribution in [-0.2, 0) is 0 Å². The molecule has 126 valence electrons. The fourth-order valence-electron chi connectivity index (χ4n) is 3.17. The van der Waals surface area contributed by atoms with Gasteiger partial charge in [-0.2, -0.15) is 5.10 Å². The highest BCUT2D eigenvalue weighted by Crippen LogP contribution is 2.24. The summed E-state index contributed by atoms with van der Waals surface area (Å²) >= 11 is 0. The molecule has 0 aliphatic rings. The lowest BCUT2D eigenvalue weighted by atomic mass is 10.0. The van der Waals surface area contributed by atoms with Crippen molar-refractivity contribution in [3.05, 3.63) is 47.0 Å². The van der Waals surface area contributed by atoms with Crippen LogP contribution in [0.5, 0.6) is 0 Å². The highest BCUT2D eigenvalue weighted by molar-refractivity contribution is 5.88. The third kappa shape index (κ3) is 3.11. The molecule has 24 heavy (non-hydrogen) atoms. The molecule has 3 aromatic rings. The van der Waals surface area contributed by atoms with Gasteiger partial charge in [-0.3, -0.25) is 14.5 Å². The molecular formula is C19H24N4O. The molecule has 0 spiro atoms. The Morgan fingerprint density at radius 2 is 1.92 bits per heavy atom. The van der Waals surface area contributed by atoms with Crippen molar-refractivity contribution < 1.29 is 0 Å². The van der Waals surface area contributed by atoms with Crippen molar-refractivity contribution in [2.45, 2.75) is 52.0 Å². The van der Waals surface area contributed by atoms with E-state index in [0.717, 1.165) is 43.4 Å². The molecule has 0 saturated heterocycles. The van der Waals surface area contributed by atoms with Gasteiger partial charge in [0.25, 0.3) is 5.56 Å². The lowest BCUT2D eigenvalue weighted by Gasteiger charge is -2.18. The highest BCUT2D eigenvalue weighted by Gasteiger charge is 2.17. The molecule has 0 saturated carbocycles. The summed E-state index contributed by atoms with van der Waals surface area (Å²) in [6.45, 7) is 4.33. The van der Waals surface area contributed by atoms with Crippen molar-refractivity contribution in [2.24, 2.45) is 0 Å². The lowest BCUT2D eigenvalue weighted by molar-refractivity contribution is 0.405. The summed E-state index contributed by atoms with van der Waals surface area (Å²) in [4.78, 5) is 17.5. The number of H-pyrrole nitrogens is 1. The number of aromatic nitrogens is 4. The second kappa shape index (κ2) is 7.43. The number of hydrogen-bond donors (Lipinski definition) is 1. The van der Waals surface area contributed by atoms with E-state index in [2.05, 4.69) is 29.0 Å². The Morgan fingerprint density at radius 1 is 1.12 bits per heavy atom. The van der Waals surface area contributed by atoms with Crippen LogP contribution in [0.2, 0.25) is 0 Å². The molecule has 3 rings (SSSR count). The van der Waals surface area contributed by atoms with Gasteiger partial charge in [-0.05, 0) is 12.8 Å². The molecule has 0 amide bonds. The maximum atomic E-state index is 12.9.